The van der Waals surface area contributed by atoms with E-state index >= 15 is 0 Å². The maximum Gasteiger partial charge on any atom is 0.0918 e. The van der Waals surface area contributed by atoms with Crippen LogP contribution < -0.4 is 0 Å². The Hall–Kier alpha value is -0.460. The Kier molecular flexibility index (Phi) is 6.54. The molecule has 0 amide bonds. The van der Waals surface area contributed by atoms with E-state index in [1.54, 1.807) is 0 Å². The van der Waals surface area contributed by atoms with E-state index in [1.807, 2.05) is 0 Å². The predicted octanol–water partition coefficient (Wildman–Crippen LogP) is 4.68. The van der Waals surface area contributed by atoms with Crippen LogP contribution in [0.25, 0.3) is 0 Å². The molecular weight excluding hydrogens is 184 g/mol. The lowest BCUT2D eigenvalue weighted by atomic mass is 9.88. The van der Waals surface area contributed by atoms with Crippen molar-refractivity contribution in [1.82, 2.24) is 0 Å². The maximum atomic E-state index is 5.73. The molecule has 0 bridgehead atoms. The van der Waals surface area contributed by atoms with Gasteiger partial charge in [0.25, 0.3) is 0 Å². The van der Waals surface area contributed by atoms with Crippen molar-refractivity contribution < 1.29 is 4.74 Å². The van der Waals surface area contributed by atoms with Gasteiger partial charge in [-0.15, -0.1) is 0 Å². The standard InChI is InChI=1S/C14H26O/c1-3-4-5-9-12-15-13(2)14-10-7-6-8-11-14/h14H,2-12H2,1H3. The van der Waals surface area contributed by atoms with E-state index in [0.717, 1.165) is 12.4 Å². The second kappa shape index (κ2) is 7.78. The van der Waals surface area contributed by atoms with Crippen LogP contribution in [0.4, 0.5) is 0 Å². The number of hydrogen-bond donors (Lipinski definition) is 0. The molecule has 1 heteroatoms. The lowest BCUT2D eigenvalue weighted by Crippen LogP contribution is -2.11. The third kappa shape index (κ3) is 5.25. The average Bonchev–Trinajstić information content (AvgIpc) is 2.30. The Morgan fingerprint density at radius 1 is 1.13 bits per heavy atom. The quantitative estimate of drug-likeness (QED) is 0.438. The van der Waals surface area contributed by atoms with Gasteiger partial charge in [-0.25, -0.2) is 0 Å². The van der Waals surface area contributed by atoms with E-state index in [9.17, 15) is 0 Å². The van der Waals surface area contributed by atoms with Crippen molar-refractivity contribution >= 4 is 0 Å². The van der Waals surface area contributed by atoms with Crippen LogP contribution in [0.5, 0.6) is 0 Å². The van der Waals surface area contributed by atoms with Crippen LogP contribution in [0.2, 0.25) is 0 Å². The molecule has 1 aliphatic carbocycles. The van der Waals surface area contributed by atoms with Crippen LogP contribution in [-0.2, 0) is 4.74 Å². The predicted molar refractivity (Wildman–Crippen MR) is 65.8 cm³/mol. The minimum atomic E-state index is 0.657. The smallest absolute Gasteiger partial charge is 0.0918 e. The number of allylic oxidation sites excluding steroid dienone is 1. The molecule has 0 spiro atoms. The van der Waals surface area contributed by atoms with E-state index in [2.05, 4.69) is 13.5 Å². The van der Waals surface area contributed by atoms with Gasteiger partial charge >= 0.3 is 0 Å². The molecule has 0 aliphatic heterocycles. The second-order valence-electron chi connectivity index (χ2n) is 4.71. The highest BCUT2D eigenvalue weighted by atomic mass is 16.5. The molecule has 0 saturated heterocycles. The first-order valence-corrected chi connectivity index (χ1v) is 6.66. The summed E-state index contributed by atoms with van der Waals surface area (Å²) in [4.78, 5) is 0. The lowest BCUT2D eigenvalue weighted by Gasteiger charge is -2.23. The highest BCUT2D eigenvalue weighted by Crippen LogP contribution is 2.29. The van der Waals surface area contributed by atoms with Crippen molar-refractivity contribution in [2.24, 2.45) is 5.92 Å². The fourth-order valence-corrected chi connectivity index (χ4v) is 2.27. The fourth-order valence-electron chi connectivity index (χ4n) is 2.27. The van der Waals surface area contributed by atoms with E-state index in [0.29, 0.717) is 5.92 Å². The summed E-state index contributed by atoms with van der Waals surface area (Å²) in [6.07, 6.45) is 11.9. The van der Waals surface area contributed by atoms with Crippen molar-refractivity contribution in [3.8, 4) is 0 Å². The second-order valence-corrected chi connectivity index (χ2v) is 4.71. The van der Waals surface area contributed by atoms with E-state index in [1.165, 1.54) is 57.8 Å². The fraction of sp³-hybridized carbons (Fsp3) is 0.857. The number of unbranched alkanes of at least 4 members (excludes halogenated alkanes) is 3. The van der Waals surface area contributed by atoms with Crippen molar-refractivity contribution in [2.75, 3.05) is 6.61 Å². The van der Waals surface area contributed by atoms with Gasteiger partial charge in [0.2, 0.25) is 0 Å². The van der Waals surface area contributed by atoms with Gasteiger partial charge in [-0.1, -0.05) is 52.0 Å². The summed E-state index contributed by atoms with van der Waals surface area (Å²) >= 11 is 0. The monoisotopic (exact) mass is 210 g/mol. The van der Waals surface area contributed by atoms with Gasteiger partial charge in [0, 0.05) is 5.92 Å². The molecule has 0 heterocycles. The summed E-state index contributed by atoms with van der Waals surface area (Å²) < 4.78 is 5.73. The van der Waals surface area contributed by atoms with Gasteiger partial charge in [-0.05, 0) is 19.3 Å². The zero-order valence-corrected chi connectivity index (χ0v) is 10.3. The summed E-state index contributed by atoms with van der Waals surface area (Å²) in [5.41, 5.74) is 0. The molecule has 1 rings (SSSR count). The van der Waals surface area contributed by atoms with Gasteiger partial charge in [-0.2, -0.15) is 0 Å². The Balaban J connectivity index is 2.02. The molecule has 0 atom stereocenters. The van der Waals surface area contributed by atoms with E-state index < -0.39 is 0 Å². The molecule has 0 radical (unpaired) electrons. The Morgan fingerprint density at radius 2 is 1.87 bits per heavy atom. The maximum absolute atomic E-state index is 5.73. The molecule has 0 unspecified atom stereocenters. The highest BCUT2D eigenvalue weighted by Gasteiger charge is 2.17. The van der Waals surface area contributed by atoms with Gasteiger partial charge in [0.1, 0.15) is 0 Å². The first kappa shape index (κ1) is 12.6. The topological polar surface area (TPSA) is 9.23 Å². The minimum absolute atomic E-state index is 0.657. The SMILES string of the molecule is C=C(OCCCCCC)C1CCCCC1. The van der Waals surface area contributed by atoms with Crippen LogP contribution in [0.3, 0.4) is 0 Å². The van der Waals surface area contributed by atoms with Gasteiger partial charge < -0.3 is 4.74 Å². The first-order chi connectivity index (χ1) is 7.34. The Morgan fingerprint density at radius 3 is 2.53 bits per heavy atom. The molecule has 1 aliphatic rings. The summed E-state index contributed by atoms with van der Waals surface area (Å²) in [5, 5.41) is 0. The average molecular weight is 210 g/mol. The van der Waals surface area contributed by atoms with Gasteiger partial charge in [-0.3, -0.25) is 0 Å². The first-order valence-electron chi connectivity index (χ1n) is 6.66. The molecule has 1 nitrogen and oxygen atoms in total. The molecule has 1 saturated carbocycles. The molecule has 0 aromatic heterocycles. The summed E-state index contributed by atoms with van der Waals surface area (Å²) in [7, 11) is 0. The lowest BCUT2D eigenvalue weighted by molar-refractivity contribution is 0.157. The van der Waals surface area contributed by atoms with Crippen LogP contribution in [-0.4, -0.2) is 6.61 Å². The van der Waals surface area contributed by atoms with Gasteiger partial charge in [0.15, 0.2) is 0 Å². The number of ether oxygens (including phenoxy) is 1. The van der Waals surface area contributed by atoms with Crippen LogP contribution in [0.15, 0.2) is 12.3 Å². The third-order valence-electron chi connectivity index (χ3n) is 3.35. The van der Waals surface area contributed by atoms with E-state index in [4.69, 9.17) is 4.74 Å². The molecule has 15 heavy (non-hydrogen) atoms. The highest BCUT2D eigenvalue weighted by molar-refractivity contribution is 4.92. The van der Waals surface area contributed by atoms with Gasteiger partial charge in [0.05, 0.1) is 12.4 Å². The Labute approximate surface area is 94.9 Å². The van der Waals surface area contributed by atoms with Crippen molar-refractivity contribution in [2.45, 2.75) is 64.7 Å². The minimum Gasteiger partial charge on any atom is -0.498 e. The summed E-state index contributed by atoms with van der Waals surface area (Å²) in [5.74, 6) is 1.72. The zero-order valence-electron chi connectivity index (χ0n) is 10.3. The molecule has 0 aromatic carbocycles. The Bertz CT molecular complexity index is 168. The van der Waals surface area contributed by atoms with Crippen LogP contribution >= 0.6 is 0 Å². The van der Waals surface area contributed by atoms with E-state index in [-0.39, 0.29) is 0 Å². The van der Waals surface area contributed by atoms with Crippen molar-refractivity contribution in [1.29, 1.82) is 0 Å². The molecule has 0 N–H and O–H groups in total. The largest absolute Gasteiger partial charge is 0.498 e. The molecule has 0 aromatic rings. The van der Waals surface area contributed by atoms with Crippen LogP contribution in [0.1, 0.15) is 64.7 Å². The molecule has 88 valence electrons. The molecular formula is C14H26O. The van der Waals surface area contributed by atoms with Crippen LogP contribution in [0, 0.1) is 5.92 Å². The molecule has 1 fully saturated rings. The normalized spacial score (nSPS) is 17.7. The summed E-state index contributed by atoms with van der Waals surface area (Å²) in [6, 6.07) is 0. The van der Waals surface area contributed by atoms with Crippen molar-refractivity contribution in [3.63, 3.8) is 0 Å². The number of hydrogen-bond acceptors (Lipinski definition) is 1. The van der Waals surface area contributed by atoms with Crippen molar-refractivity contribution in [3.05, 3.63) is 12.3 Å². The summed E-state index contributed by atoms with van der Waals surface area (Å²) in [6.45, 7) is 7.20. The number of rotatable bonds is 7. The third-order valence-corrected chi connectivity index (χ3v) is 3.35. The zero-order chi connectivity index (χ0) is 10.9.